The average molecular weight is 713 g/mol. The lowest BCUT2D eigenvalue weighted by Gasteiger charge is -2.42. The number of likely N-dealkylation sites (N-methyl/N-ethyl adjacent to an activating group) is 2. The SMILES string of the molecule is [2H]c1nc(N(C([2H])([2H])[2H])C2([2H])C([2H])([2H])N(C(=O)OC(C)(C)C)CCC2([2H])C([2H])([2H])[2H])c2cc[nH]c2n1.[2H]c1nc(N(C([2H])([2H])[2H])[C@@]2([2H])C([2H])([2H])N(C(=O)OC(C)(C)C)CC[C@@]2([2H])C([2H])([2H])[2H])c2cc[nH]c2n1. The second-order valence-corrected chi connectivity index (χ2v) is 13.1. The highest BCUT2D eigenvalue weighted by molar-refractivity contribution is 5.88. The van der Waals surface area contributed by atoms with E-state index in [1.165, 1.54) is 66.1 Å². The van der Waals surface area contributed by atoms with Crippen molar-refractivity contribution < 1.29 is 49.2 Å². The van der Waals surface area contributed by atoms with Gasteiger partial charge in [0.15, 0.2) is 0 Å². The lowest BCUT2D eigenvalue weighted by molar-refractivity contribution is 0.0155. The highest BCUT2D eigenvalue weighted by atomic mass is 16.6. The minimum Gasteiger partial charge on any atom is -0.444 e. The van der Waals surface area contributed by atoms with Gasteiger partial charge in [-0.25, -0.2) is 29.5 Å². The summed E-state index contributed by atoms with van der Waals surface area (Å²) in [6.45, 7) is -12.6. The van der Waals surface area contributed by atoms with Crippen molar-refractivity contribution in [2.45, 2.75) is 91.3 Å². The van der Waals surface area contributed by atoms with Gasteiger partial charge in [0.1, 0.15) is 49.5 Å². The number of anilines is 2. The van der Waals surface area contributed by atoms with Gasteiger partial charge in [-0.1, -0.05) is 13.7 Å². The van der Waals surface area contributed by atoms with E-state index in [2.05, 4.69) is 29.9 Å². The molecular weight excluding hydrogens is 636 g/mol. The molecule has 0 aliphatic carbocycles. The van der Waals surface area contributed by atoms with Crippen LogP contribution in [-0.4, -0.2) is 115 Å². The molecule has 2 aliphatic rings. The molecule has 2 N–H and O–H groups in total. The number of fused-ring (bicyclic) bond motifs is 2. The van der Waals surface area contributed by atoms with Gasteiger partial charge in [-0.05, 0) is 78.3 Å². The molecule has 2 saturated heterocycles. The Morgan fingerprint density at radius 3 is 1.58 bits per heavy atom. The van der Waals surface area contributed by atoms with Gasteiger partial charge in [0.25, 0.3) is 0 Å². The minimum absolute atomic E-state index is 0.0207. The number of H-pyrrole nitrogens is 2. The molecule has 2 amide bonds. The molecule has 0 bridgehead atoms. The van der Waals surface area contributed by atoms with Crippen molar-refractivity contribution in [1.29, 1.82) is 0 Å². The van der Waals surface area contributed by atoms with E-state index in [0.717, 1.165) is 0 Å². The zero-order chi connectivity index (χ0) is 55.4. The lowest BCUT2D eigenvalue weighted by Crippen LogP contribution is -2.53. The van der Waals surface area contributed by atoms with Crippen LogP contribution in [0.25, 0.3) is 22.1 Å². The third kappa shape index (κ3) is 8.56. The molecule has 272 valence electrons. The lowest BCUT2D eigenvalue weighted by atomic mass is 9.92. The number of carbonyl (C=O) groups is 2. The summed E-state index contributed by atoms with van der Waals surface area (Å²) < 4.78 is 196. The highest BCUT2D eigenvalue weighted by Gasteiger charge is 2.36. The van der Waals surface area contributed by atoms with Crippen LogP contribution in [0.2, 0.25) is 0 Å². The van der Waals surface area contributed by atoms with E-state index in [1.807, 2.05) is 0 Å². The molecule has 0 saturated carbocycles. The number of aromatic amines is 2. The number of nitrogens with zero attached hydrogens (tertiary/aromatic N) is 8. The van der Waals surface area contributed by atoms with Crippen LogP contribution in [0.15, 0.2) is 37.1 Å². The maximum Gasteiger partial charge on any atom is 0.410 e. The molecule has 6 heterocycles. The van der Waals surface area contributed by atoms with E-state index in [9.17, 15) is 12.3 Å². The van der Waals surface area contributed by atoms with Crippen molar-refractivity contribution in [2.24, 2.45) is 11.8 Å². The van der Waals surface area contributed by atoms with Gasteiger partial charge < -0.3 is 39.0 Å². The number of amides is 2. The summed E-state index contributed by atoms with van der Waals surface area (Å²) in [6, 6.07) is -4.37. The normalized spacial score (nSPS) is 36.8. The quantitative estimate of drug-likeness (QED) is 0.255. The first-order valence-electron chi connectivity index (χ1n) is 26.4. The highest BCUT2D eigenvalue weighted by Crippen LogP contribution is 2.31. The zero-order valence-corrected chi connectivity index (χ0v) is 28.3. The predicted molar refractivity (Wildman–Crippen MR) is 195 cm³/mol. The fourth-order valence-electron chi connectivity index (χ4n) is 4.65. The smallest absolute Gasteiger partial charge is 0.410 e. The number of nitrogens with one attached hydrogen (secondary N) is 2. The number of likely N-dealkylation sites (tertiary alicyclic amines) is 2. The number of carbonyl (C=O) groups excluding carboxylic acids is 2. The number of hydrogen-bond acceptors (Lipinski definition) is 10. The maximum atomic E-state index is 13.0. The third-order valence-corrected chi connectivity index (χ3v) is 6.89. The summed E-state index contributed by atoms with van der Waals surface area (Å²) in [5.41, 5.74) is -2.23. The third-order valence-electron chi connectivity index (χ3n) is 6.89. The number of rotatable bonds is 4. The topological polar surface area (TPSA) is 149 Å². The van der Waals surface area contributed by atoms with Crippen molar-refractivity contribution >= 4 is 45.9 Å². The van der Waals surface area contributed by atoms with Crippen LogP contribution in [0.3, 0.4) is 0 Å². The van der Waals surface area contributed by atoms with E-state index >= 15 is 0 Å². The Kier molecular flexibility index (Phi) is 5.16. The Labute approximate surface area is 325 Å². The van der Waals surface area contributed by atoms with Crippen molar-refractivity contribution in [3.05, 3.63) is 37.1 Å². The first kappa shape index (κ1) is 17.5. The Hall–Kier alpha value is -4.62. The Bertz CT molecular complexity index is 2500. The largest absolute Gasteiger partial charge is 0.444 e. The summed E-state index contributed by atoms with van der Waals surface area (Å²) in [6.07, 6.45) is -2.77. The molecule has 4 aromatic heterocycles. The molecule has 2 unspecified atom stereocenters. The number of hydrogen-bond donors (Lipinski definition) is 2. The van der Waals surface area contributed by atoms with Crippen molar-refractivity contribution in [2.75, 3.05) is 49.8 Å². The van der Waals surface area contributed by atoms with Gasteiger partial charge >= 0.3 is 12.2 Å². The number of piperidine rings is 2. The Morgan fingerprint density at radius 1 is 0.800 bits per heavy atom. The molecule has 0 aromatic carbocycles. The van der Waals surface area contributed by atoms with Crippen LogP contribution in [0.4, 0.5) is 21.2 Å². The van der Waals surface area contributed by atoms with E-state index in [0.29, 0.717) is 9.80 Å². The van der Waals surface area contributed by atoms with Crippen LogP contribution < -0.4 is 9.80 Å². The summed E-state index contributed by atoms with van der Waals surface area (Å²) in [5, 5.41) is -0.0985. The van der Waals surface area contributed by atoms with Gasteiger partial charge in [-0.3, -0.25) is 0 Å². The first-order chi connectivity index (χ1) is 32.2. The fourth-order valence-corrected chi connectivity index (χ4v) is 4.65. The Morgan fingerprint density at radius 2 is 1.22 bits per heavy atom. The number of aromatic nitrogens is 6. The molecule has 14 heteroatoms. The van der Waals surface area contributed by atoms with Crippen molar-refractivity contribution in [3.63, 3.8) is 0 Å². The van der Waals surface area contributed by atoms with E-state index in [-0.39, 0.29) is 31.9 Å². The van der Waals surface area contributed by atoms with Crippen LogP contribution in [0.5, 0.6) is 0 Å². The molecule has 2 aliphatic heterocycles. The van der Waals surface area contributed by atoms with Gasteiger partial charge in [-0.15, -0.1) is 0 Å². The van der Waals surface area contributed by atoms with Crippen molar-refractivity contribution in [1.82, 2.24) is 39.7 Å². The average Bonchev–Trinajstić information content (AvgIpc) is 3.83. The molecule has 14 nitrogen and oxygen atoms in total. The van der Waals surface area contributed by atoms with Crippen molar-refractivity contribution in [3.8, 4) is 0 Å². The fraction of sp³-hybridized carbons (Fsp3) is 0.611. The summed E-state index contributed by atoms with van der Waals surface area (Å²) in [4.78, 5) is 47.6. The van der Waals surface area contributed by atoms with Gasteiger partial charge in [-0.2, -0.15) is 0 Å². The first-order valence-corrected chi connectivity index (χ1v) is 15.4. The molecule has 4 aromatic rings. The molecule has 0 spiro atoms. The monoisotopic (exact) mass is 713 g/mol. The molecule has 0 radical (unpaired) electrons. The molecule has 6 rings (SSSR count). The Balaban J connectivity index is 0.000000267. The summed E-state index contributed by atoms with van der Waals surface area (Å²) in [7, 11) is 0. The maximum absolute atomic E-state index is 13.0. The van der Waals surface area contributed by atoms with Gasteiger partial charge in [0.2, 0.25) is 0 Å². The number of ether oxygens (including phenoxy) is 2. The van der Waals surface area contributed by atoms with Gasteiger partial charge in [0, 0.05) is 71.6 Å². The predicted octanol–water partition coefficient (Wildman–Crippen LogP) is 6.08. The molecule has 50 heavy (non-hydrogen) atoms. The van der Waals surface area contributed by atoms with Crippen LogP contribution in [0, 0.1) is 11.8 Å². The zero-order valence-electron chi connectivity index (χ0n) is 50.3. The van der Waals surface area contributed by atoms with Crippen LogP contribution in [-0.2, 0) is 9.47 Å². The van der Waals surface area contributed by atoms with E-state index in [4.69, 9.17) is 36.9 Å². The second kappa shape index (κ2) is 14.7. The molecule has 2 fully saturated rings. The van der Waals surface area contributed by atoms with E-state index < -0.39 is 138 Å². The van der Waals surface area contributed by atoms with Crippen LogP contribution in [0.1, 0.15) is 98.2 Å². The molecule has 4 atom stereocenters. The van der Waals surface area contributed by atoms with E-state index in [1.54, 1.807) is 0 Å². The second-order valence-electron chi connectivity index (χ2n) is 13.1. The summed E-state index contributed by atoms with van der Waals surface area (Å²) >= 11 is 0. The molecular formula is C36H54N10O4. The summed E-state index contributed by atoms with van der Waals surface area (Å²) in [5.74, 6) is -7.47. The standard InChI is InChI=1S/2C18H27N5O2/c2*1-12-7-9-23(17(24)25-18(2,3)4)10-14(12)22(5)16-13-6-8-19-15(13)20-11-21-16/h2*6,8,11-12,14H,7,9-10H2,1-5H3,(H,19,20,21)/t12-,14+;/m1./s1/i2*1D3,5D3,10D2,11D,12D,14D. The minimum atomic E-state index is -3.50. The van der Waals surface area contributed by atoms with Crippen LogP contribution >= 0.6 is 0 Å². The van der Waals surface area contributed by atoms with Gasteiger partial charge in [0.05, 0.1) is 31.0 Å².